The van der Waals surface area contributed by atoms with Crippen molar-refractivity contribution in [1.29, 1.82) is 0 Å². The van der Waals surface area contributed by atoms with Crippen LogP contribution < -0.4 is 9.80 Å². The number of hydrogen-bond acceptors (Lipinski definition) is 5. The molecular weight excluding hydrogens is 675 g/mol. The molecule has 2 atom stereocenters. The zero-order chi connectivity index (χ0) is 32.6. The van der Waals surface area contributed by atoms with Crippen LogP contribution in [0.1, 0.15) is 60.5 Å². The molecule has 0 N–H and O–H groups in total. The molecule has 0 bridgehead atoms. The van der Waals surface area contributed by atoms with E-state index >= 15 is 0 Å². The second kappa shape index (κ2) is 12.4. The molecule has 0 spiro atoms. The Labute approximate surface area is 254 Å². The van der Waals surface area contributed by atoms with E-state index in [1.807, 2.05) is 0 Å². The summed E-state index contributed by atoms with van der Waals surface area (Å²) in [7, 11) is 0. The standard InChI is InChI=1S/C28H24BrF9N4O2/c1-3-20-11-23(21-10-16(26(30,31)32)5-6-22(21)42(20)25(43)44-4-2)41(24-39-12-19(29)13-40-24)14-15-7-17(27(33,34)35)9-18(8-15)28(36,37)38/h5-10,12-13,20,23H,3-4,11,14H2,1-2H3/t20-,23+/m1/s1. The number of halogens is 10. The summed E-state index contributed by atoms with van der Waals surface area (Å²) in [6.07, 6.45) is -13.1. The van der Waals surface area contributed by atoms with Crippen molar-refractivity contribution >= 4 is 33.7 Å². The van der Waals surface area contributed by atoms with Gasteiger partial charge in [-0.3, -0.25) is 4.90 Å². The van der Waals surface area contributed by atoms with Gasteiger partial charge in [0, 0.05) is 25.0 Å². The molecular formula is C28H24BrF9N4O2. The van der Waals surface area contributed by atoms with Gasteiger partial charge < -0.3 is 9.64 Å². The Hall–Kier alpha value is -3.56. The summed E-state index contributed by atoms with van der Waals surface area (Å²) in [4.78, 5) is 23.8. The number of ether oxygens (including phenoxy) is 1. The Morgan fingerprint density at radius 2 is 1.48 bits per heavy atom. The summed E-state index contributed by atoms with van der Waals surface area (Å²) < 4.78 is 129. The number of carbonyl (C=O) groups excluding carboxylic acids is 1. The Bertz CT molecular complexity index is 1460. The van der Waals surface area contributed by atoms with Crippen molar-refractivity contribution in [2.75, 3.05) is 16.4 Å². The summed E-state index contributed by atoms with van der Waals surface area (Å²) in [6.45, 7) is 2.59. The highest BCUT2D eigenvalue weighted by atomic mass is 79.9. The maximum Gasteiger partial charge on any atom is 0.416 e. The molecule has 6 nitrogen and oxygen atoms in total. The first kappa shape index (κ1) is 33.3. The minimum Gasteiger partial charge on any atom is -0.449 e. The molecule has 16 heteroatoms. The quantitative estimate of drug-likeness (QED) is 0.240. The number of benzene rings is 2. The van der Waals surface area contributed by atoms with Crippen LogP contribution in [0.5, 0.6) is 0 Å². The Morgan fingerprint density at radius 3 is 1.98 bits per heavy atom. The predicted molar refractivity (Wildman–Crippen MR) is 145 cm³/mol. The van der Waals surface area contributed by atoms with Crippen molar-refractivity contribution in [3.05, 3.63) is 81.1 Å². The first-order chi connectivity index (χ1) is 20.4. The minimum absolute atomic E-state index is 0.0141. The number of rotatable bonds is 6. The summed E-state index contributed by atoms with van der Waals surface area (Å²) in [5.41, 5.74) is -4.64. The Kier molecular flexibility index (Phi) is 9.43. The SMILES string of the molecule is CCOC(=O)N1c2ccc(C(F)(F)F)cc2[C@@H](N(Cc2cc(C(F)(F)F)cc(C(F)(F)F)c2)c2ncc(Br)cn2)C[C@H]1CC. The van der Waals surface area contributed by atoms with E-state index in [1.165, 1.54) is 22.2 Å². The fourth-order valence-corrected chi connectivity index (χ4v) is 5.27. The van der Waals surface area contributed by atoms with Gasteiger partial charge in [-0.05, 0) is 83.2 Å². The van der Waals surface area contributed by atoms with Crippen molar-refractivity contribution in [3.63, 3.8) is 0 Å². The zero-order valence-corrected chi connectivity index (χ0v) is 24.6. The van der Waals surface area contributed by atoms with E-state index in [-0.39, 0.29) is 42.7 Å². The smallest absolute Gasteiger partial charge is 0.416 e. The number of nitrogens with zero attached hydrogens (tertiary/aromatic N) is 4. The molecule has 0 radical (unpaired) electrons. The third-order valence-electron chi connectivity index (χ3n) is 7.01. The Morgan fingerprint density at radius 1 is 0.909 bits per heavy atom. The number of hydrogen-bond donors (Lipinski definition) is 0. The van der Waals surface area contributed by atoms with Gasteiger partial charge in [-0.1, -0.05) is 6.92 Å². The van der Waals surface area contributed by atoms with Crippen molar-refractivity contribution < 1.29 is 49.0 Å². The molecule has 2 aromatic carbocycles. The first-order valence-corrected chi connectivity index (χ1v) is 13.9. The van der Waals surface area contributed by atoms with Crippen molar-refractivity contribution in [2.45, 2.75) is 63.8 Å². The van der Waals surface area contributed by atoms with Crippen LogP contribution in [0.15, 0.2) is 53.3 Å². The van der Waals surface area contributed by atoms with Crippen LogP contribution in [0.25, 0.3) is 0 Å². The van der Waals surface area contributed by atoms with Gasteiger partial charge >= 0.3 is 24.6 Å². The number of fused-ring (bicyclic) bond motifs is 1. The molecule has 4 rings (SSSR count). The van der Waals surface area contributed by atoms with E-state index in [1.54, 1.807) is 13.8 Å². The fraction of sp³-hybridized carbons (Fsp3) is 0.393. The molecule has 1 amide bonds. The van der Waals surface area contributed by atoms with Crippen molar-refractivity contribution in [1.82, 2.24) is 9.97 Å². The maximum absolute atomic E-state index is 13.9. The third kappa shape index (κ3) is 7.21. The summed E-state index contributed by atoms with van der Waals surface area (Å²) in [6, 6.07) is 1.95. The lowest BCUT2D eigenvalue weighted by Gasteiger charge is -2.44. The number of anilines is 2. The highest BCUT2D eigenvalue weighted by molar-refractivity contribution is 9.10. The van der Waals surface area contributed by atoms with Crippen LogP contribution in [0, 0.1) is 0 Å². The van der Waals surface area contributed by atoms with Gasteiger partial charge in [0.25, 0.3) is 0 Å². The van der Waals surface area contributed by atoms with Crippen LogP contribution in [-0.4, -0.2) is 28.7 Å². The fourth-order valence-electron chi connectivity index (χ4n) is 5.07. The monoisotopic (exact) mass is 698 g/mol. The molecule has 0 fully saturated rings. The van der Waals surface area contributed by atoms with Crippen molar-refractivity contribution in [3.8, 4) is 0 Å². The van der Waals surface area contributed by atoms with Crippen LogP contribution in [0.2, 0.25) is 0 Å². The zero-order valence-electron chi connectivity index (χ0n) is 23.0. The van der Waals surface area contributed by atoms with Gasteiger partial charge in [0.15, 0.2) is 0 Å². The molecule has 1 aliphatic rings. The van der Waals surface area contributed by atoms with Crippen molar-refractivity contribution in [2.24, 2.45) is 0 Å². The molecule has 0 unspecified atom stereocenters. The summed E-state index contributed by atoms with van der Waals surface area (Å²) in [5, 5.41) is 0. The van der Waals surface area contributed by atoms with E-state index in [0.717, 1.165) is 18.2 Å². The van der Waals surface area contributed by atoms with Crippen LogP contribution >= 0.6 is 15.9 Å². The second-order valence-electron chi connectivity index (χ2n) is 9.90. The van der Waals surface area contributed by atoms with Gasteiger partial charge in [-0.2, -0.15) is 39.5 Å². The number of carbonyl (C=O) groups is 1. The molecule has 1 aromatic heterocycles. The van der Waals surface area contributed by atoms with E-state index in [9.17, 15) is 44.3 Å². The van der Waals surface area contributed by atoms with Gasteiger partial charge in [0.2, 0.25) is 5.95 Å². The molecule has 0 saturated heterocycles. The lowest BCUT2D eigenvalue weighted by molar-refractivity contribution is -0.143. The average Bonchev–Trinajstić information content (AvgIpc) is 2.94. The molecule has 238 valence electrons. The minimum atomic E-state index is -5.12. The van der Waals surface area contributed by atoms with Crippen LogP contribution in [-0.2, 0) is 29.8 Å². The summed E-state index contributed by atoms with van der Waals surface area (Å²) in [5.74, 6) is -0.174. The lowest BCUT2D eigenvalue weighted by atomic mass is 9.87. The van der Waals surface area contributed by atoms with Gasteiger partial charge in [0.1, 0.15) is 0 Å². The first-order valence-electron chi connectivity index (χ1n) is 13.1. The predicted octanol–water partition coefficient (Wildman–Crippen LogP) is 9.19. The molecule has 1 aliphatic heterocycles. The lowest BCUT2D eigenvalue weighted by Crippen LogP contribution is -2.48. The number of amides is 1. The molecule has 0 saturated carbocycles. The number of aromatic nitrogens is 2. The van der Waals surface area contributed by atoms with Crippen LogP contribution in [0.3, 0.4) is 0 Å². The molecule has 0 aliphatic carbocycles. The van der Waals surface area contributed by atoms with Crippen LogP contribution in [0.4, 0.5) is 55.9 Å². The number of alkyl halides is 9. The van der Waals surface area contributed by atoms with Gasteiger partial charge in [0.05, 0.1) is 39.5 Å². The van der Waals surface area contributed by atoms with Gasteiger partial charge in [-0.25, -0.2) is 14.8 Å². The Balaban J connectivity index is 1.95. The van der Waals surface area contributed by atoms with E-state index in [4.69, 9.17) is 4.74 Å². The van der Waals surface area contributed by atoms with E-state index in [0.29, 0.717) is 16.6 Å². The van der Waals surface area contributed by atoms with E-state index < -0.39 is 65.5 Å². The van der Waals surface area contributed by atoms with E-state index in [2.05, 4.69) is 25.9 Å². The average molecular weight is 699 g/mol. The highest BCUT2D eigenvalue weighted by Crippen LogP contribution is 2.46. The topological polar surface area (TPSA) is 58.6 Å². The third-order valence-corrected chi connectivity index (χ3v) is 7.42. The normalized spacial score (nSPS) is 17.3. The molecule has 3 aromatic rings. The largest absolute Gasteiger partial charge is 0.449 e. The maximum atomic E-state index is 13.9. The highest BCUT2D eigenvalue weighted by Gasteiger charge is 2.42. The molecule has 44 heavy (non-hydrogen) atoms. The second-order valence-corrected chi connectivity index (χ2v) is 10.8. The summed E-state index contributed by atoms with van der Waals surface area (Å²) >= 11 is 3.16. The molecule has 2 heterocycles. The van der Waals surface area contributed by atoms with Gasteiger partial charge in [-0.15, -0.1) is 0 Å².